The van der Waals surface area contributed by atoms with Gasteiger partial charge in [0, 0.05) is 25.7 Å². The first kappa shape index (κ1) is 23.8. The number of nitrogens with one attached hydrogen (secondary N) is 1. The Morgan fingerprint density at radius 3 is 2.55 bits per heavy atom. The molecular formula is C24H30FN3O4S. The van der Waals surface area contributed by atoms with Crippen molar-refractivity contribution in [3.63, 3.8) is 0 Å². The smallest absolute Gasteiger partial charge is 0.243 e. The van der Waals surface area contributed by atoms with Crippen molar-refractivity contribution < 1.29 is 22.3 Å². The quantitative estimate of drug-likeness (QED) is 0.633. The van der Waals surface area contributed by atoms with Gasteiger partial charge in [-0.3, -0.25) is 9.69 Å². The summed E-state index contributed by atoms with van der Waals surface area (Å²) in [7, 11) is -3.52. The Balaban J connectivity index is 1.28. The van der Waals surface area contributed by atoms with Gasteiger partial charge in [0.2, 0.25) is 15.9 Å². The third-order valence-corrected chi connectivity index (χ3v) is 8.14. The maximum Gasteiger partial charge on any atom is 0.243 e. The van der Waals surface area contributed by atoms with Crippen LogP contribution in [0.2, 0.25) is 0 Å². The molecule has 1 unspecified atom stereocenters. The van der Waals surface area contributed by atoms with Gasteiger partial charge in [-0.2, -0.15) is 4.31 Å². The van der Waals surface area contributed by atoms with Crippen molar-refractivity contribution in [2.24, 2.45) is 0 Å². The van der Waals surface area contributed by atoms with Gasteiger partial charge in [0.25, 0.3) is 0 Å². The predicted octanol–water partition coefficient (Wildman–Crippen LogP) is 2.17. The molecule has 0 radical (unpaired) electrons. The van der Waals surface area contributed by atoms with Crippen molar-refractivity contribution in [3.8, 4) is 0 Å². The van der Waals surface area contributed by atoms with Crippen molar-refractivity contribution in [1.82, 2.24) is 14.5 Å². The molecule has 2 heterocycles. The predicted molar refractivity (Wildman–Crippen MR) is 123 cm³/mol. The fraction of sp³-hybridized carbons (Fsp3) is 0.458. The summed E-state index contributed by atoms with van der Waals surface area (Å²) >= 11 is 0. The summed E-state index contributed by atoms with van der Waals surface area (Å²) in [5.41, 5.74) is 1.78. The lowest BCUT2D eigenvalue weighted by atomic mass is 10.0. The van der Waals surface area contributed by atoms with Crippen LogP contribution < -0.4 is 5.32 Å². The molecule has 2 aromatic rings. The highest BCUT2D eigenvalue weighted by Gasteiger charge is 2.27. The zero-order valence-electron chi connectivity index (χ0n) is 18.6. The number of ether oxygens (including phenoxy) is 1. The van der Waals surface area contributed by atoms with Crippen LogP contribution in [-0.2, 0) is 32.5 Å². The van der Waals surface area contributed by atoms with E-state index in [0.29, 0.717) is 39.4 Å². The maximum absolute atomic E-state index is 13.5. The Hall–Kier alpha value is -2.33. The van der Waals surface area contributed by atoms with Crippen LogP contribution in [0.3, 0.4) is 0 Å². The molecular weight excluding hydrogens is 445 g/mol. The number of sulfonamides is 1. The highest BCUT2D eigenvalue weighted by Crippen LogP contribution is 2.21. The molecule has 9 heteroatoms. The van der Waals surface area contributed by atoms with Crippen LogP contribution in [0.15, 0.2) is 53.4 Å². The van der Waals surface area contributed by atoms with Crippen LogP contribution in [-0.4, -0.2) is 69.0 Å². The van der Waals surface area contributed by atoms with Gasteiger partial charge in [-0.1, -0.05) is 24.3 Å². The monoisotopic (exact) mass is 475 g/mol. The first-order valence-corrected chi connectivity index (χ1v) is 12.8. The number of carbonyl (C=O) groups is 1. The number of amides is 1. The average molecular weight is 476 g/mol. The van der Waals surface area contributed by atoms with E-state index in [-0.39, 0.29) is 22.7 Å². The molecule has 33 heavy (non-hydrogen) atoms. The van der Waals surface area contributed by atoms with E-state index in [9.17, 15) is 17.6 Å². The lowest BCUT2D eigenvalue weighted by Gasteiger charge is -2.26. The molecule has 4 rings (SSSR count). The third-order valence-electron chi connectivity index (χ3n) is 6.23. The Morgan fingerprint density at radius 2 is 1.82 bits per heavy atom. The average Bonchev–Trinajstić information content (AvgIpc) is 3.25. The van der Waals surface area contributed by atoms with E-state index in [1.165, 1.54) is 10.4 Å². The molecule has 0 aromatic heterocycles. The number of likely N-dealkylation sites (tertiary alicyclic amines) is 1. The lowest BCUT2D eigenvalue weighted by molar-refractivity contribution is -0.122. The van der Waals surface area contributed by atoms with Crippen molar-refractivity contribution >= 4 is 15.9 Å². The van der Waals surface area contributed by atoms with Gasteiger partial charge >= 0.3 is 0 Å². The number of carbonyl (C=O) groups excluding carboxylic acids is 1. The van der Waals surface area contributed by atoms with Gasteiger partial charge in [0.1, 0.15) is 5.82 Å². The Kier molecular flexibility index (Phi) is 7.75. The summed E-state index contributed by atoms with van der Waals surface area (Å²) in [4.78, 5) is 14.9. The molecule has 2 fully saturated rings. The zero-order valence-corrected chi connectivity index (χ0v) is 19.4. The molecule has 0 saturated carbocycles. The summed E-state index contributed by atoms with van der Waals surface area (Å²) in [6.45, 7) is 3.00. The minimum absolute atomic E-state index is 0.0776. The van der Waals surface area contributed by atoms with E-state index in [1.54, 1.807) is 36.4 Å². The van der Waals surface area contributed by atoms with Gasteiger partial charge in [-0.15, -0.1) is 0 Å². The molecule has 7 nitrogen and oxygen atoms in total. The molecule has 178 valence electrons. The fourth-order valence-electron chi connectivity index (χ4n) is 4.43. The van der Waals surface area contributed by atoms with Crippen molar-refractivity contribution in [3.05, 3.63) is 65.5 Å². The van der Waals surface area contributed by atoms with Gasteiger partial charge in [0.15, 0.2) is 0 Å². The van der Waals surface area contributed by atoms with Gasteiger partial charge in [-0.25, -0.2) is 12.8 Å². The van der Waals surface area contributed by atoms with E-state index in [1.807, 2.05) is 6.07 Å². The second-order valence-electron chi connectivity index (χ2n) is 8.54. The fourth-order valence-corrected chi connectivity index (χ4v) is 5.83. The molecule has 2 aromatic carbocycles. The second kappa shape index (κ2) is 10.7. The maximum atomic E-state index is 13.5. The van der Waals surface area contributed by atoms with Crippen LogP contribution in [0.1, 0.15) is 24.0 Å². The highest BCUT2D eigenvalue weighted by atomic mass is 32.2. The number of morpholine rings is 1. The summed E-state index contributed by atoms with van der Waals surface area (Å²) in [5.74, 6) is -0.315. The van der Waals surface area contributed by atoms with E-state index in [4.69, 9.17) is 4.74 Å². The lowest BCUT2D eigenvalue weighted by Crippen LogP contribution is -2.40. The minimum Gasteiger partial charge on any atom is -0.379 e. The molecule has 1 amide bonds. The van der Waals surface area contributed by atoms with Crippen LogP contribution in [0.25, 0.3) is 0 Å². The summed E-state index contributed by atoms with van der Waals surface area (Å²) in [5, 5.41) is 2.92. The normalized spacial score (nSPS) is 20.1. The van der Waals surface area contributed by atoms with E-state index < -0.39 is 10.0 Å². The third kappa shape index (κ3) is 6.17. The van der Waals surface area contributed by atoms with E-state index >= 15 is 0 Å². The standard InChI is InChI=1S/C24H30FN3O4S/c25-21-4-1-3-20(15-21)16-22-5-2-10-27(22)18-24(29)26-17-19-6-8-23(9-7-19)33(30,31)28-11-13-32-14-12-28/h1,3-4,6-9,15,22H,2,5,10-14,16-18H2,(H,26,29). The van der Waals surface area contributed by atoms with Crippen molar-refractivity contribution in [2.45, 2.75) is 36.7 Å². The topological polar surface area (TPSA) is 79.0 Å². The molecule has 2 aliphatic heterocycles. The highest BCUT2D eigenvalue weighted by molar-refractivity contribution is 7.89. The number of halogens is 1. The number of benzene rings is 2. The van der Waals surface area contributed by atoms with Crippen molar-refractivity contribution in [1.29, 1.82) is 0 Å². The van der Waals surface area contributed by atoms with Gasteiger partial charge in [-0.05, 0) is 61.2 Å². The minimum atomic E-state index is -3.52. The zero-order chi connectivity index (χ0) is 23.3. The summed E-state index contributed by atoms with van der Waals surface area (Å²) in [6.07, 6.45) is 2.74. The SMILES string of the molecule is O=C(CN1CCCC1Cc1cccc(F)c1)NCc1ccc(S(=O)(=O)N2CCOCC2)cc1. The van der Waals surface area contributed by atoms with Gasteiger partial charge in [0.05, 0.1) is 24.7 Å². The molecule has 2 aliphatic rings. The molecule has 1 N–H and O–H groups in total. The Labute approximate surface area is 194 Å². The molecule has 2 saturated heterocycles. The number of nitrogens with zero attached hydrogens (tertiary/aromatic N) is 2. The summed E-state index contributed by atoms with van der Waals surface area (Å²) < 4.78 is 45.6. The van der Waals surface area contributed by atoms with Gasteiger partial charge < -0.3 is 10.1 Å². The first-order chi connectivity index (χ1) is 15.9. The Morgan fingerprint density at radius 1 is 1.06 bits per heavy atom. The van der Waals surface area contributed by atoms with Crippen LogP contribution in [0, 0.1) is 5.82 Å². The van der Waals surface area contributed by atoms with Crippen LogP contribution >= 0.6 is 0 Å². The van der Waals surface area contributed by atoms with Crippen LogP contribution in [0.4, 0.5) is 4.39 Å². The molecule has 0 spiro atoms. The molecule has 0 bridgehead atoms. The molecule has 1 atom stereocenters. The van der Waals surface area contributed by atoms with E-state index in [2.05, 4.69) is 10.2 Å². The number of hydrogen-bond donors (Lipinski definition) is 1. The number of rotatable bonds is 8. The molecule has 0 aliphatic carbocycles. The van der Waals surface area contributed by atoms with Crippen LogP contribution in [0.5, 0.6) is 0 Å². The number of hydrogen-bond acceptors (Lipinski definition) is 5. The largest absolute Gasteiger partial charge is 0.379 e. The van der Waals surface area contributed by atoms with E-state index in [0.717, 1.165) is 36.9 Å². The first-order valence-electron chi connectivity index (χ1n) is 11.3. The summed E-state index contributed by atoms with van der Waals surface area (Å²) in [6, 6.07) is 13.5. The van der Waals surface area contributed by atoms with Crippen molar-refractivity contribution in [2.75, 3.05) is 39.4 Å². The Bertz CT molecular complexity index is 1060. The second-order valence-corrected chi connectivity index (χ2v) is 10.5.